The zero-order valence-corrected chi connectivity index (χ0v) is 14.3. The molecule has 0 radical (unpaired) electrons. The number of carbonyl (C=O) groups excluding carboxylic acids is 2. The van der Waals surface area contributed by atoms with Crippen molar-refractivity contribution in [1.29, 1.82) is 0 Å². The van der Waals surface area contributed by atoms with Gasteiger partial charge in [0.05, 0.1) is 0 Å². The monoisotopic (exact) mass is 325 g/mol. The van der Waals surface area contributed by atoms with Crippen LogP contribution in [-0.4, -0.2) is 18.4 Å². The molecule has 0 aliphatic carbocycles. The Balaban J connectivity index is 1.96. The van der Waals surface area contributed by atoms with Gasteiger partial charge in [0.15, 0.2) is 0 Å². The summed E-state index contributed by atoms with van der Waals surface area (Å²) in [6, 6.07) is 15.0. The Morgan fingerprint density at radius 1 is 0.958 bits per heavy atom. The Morgan fingerprint density at radius 2 is 1.50 bits per heavy atom. The maximum Gasteiger partial charge on any atom is 0.308 e. The van der Waals surface area contributed by atoms with Gasteiger partial charge >= 0.3 is 5.97 Å². The van der Waals surface area contributed by atoms with Crippen molar-refractivity contribution in [3.63, 3.8) is 0 Å². The molecule has 1 N–H and O–H groups in total. The molecule has 4 heteroatoms. The van der Waals surface area contributed by atoms with Gasteiger partial charge in [-0.25, -0.2) is 0 Å². The SMILES string of the molecule is CC(=O)Oc1ccc(Cc2ccc(C(=O)NCC(C)C)cc2)cc1. The first-order valence-electron chi connectivity index (χ1n) is 8.08. The Bertz CT molecular complexity index is 688. The van der Waals surface area contributed by atoms with Crippen molar-refractivity contribution in [2.24, 2.45) is 5.92 Å². The van der Waals surface area contributed by atoms with Crippen molar-refractivity contribution < 1.29 is 14.3 Å². The number of ether oxygens (including phenoxy) is 1. The van der Waals surface area contributed by atoms with Crippen LogP contribution in [0.3, 0.4) is 0 Å². The molecule has 4 nitrogen and oxygen atoms in total. The van der Waals surface area contributed by atoms with E-state index in [0.29, 0.717) is 23.8 Å². The summed E-state index contributed by atoms with van der Waals surface area (Å²) in [6.07, 6.45) is 0.758. The third-order valence-electron chi connectivity index (χ3n) is 3.48. The summed E-state index contributed by atoms with van der Waals surface area (Å²) < 4.78 is 5.02. The number of benzene rings is 2. The normalized spacial score (nSPS) is 10.5. The minimum absolute atomic E-state index is 0.0408. The lowest BCUT2D eigenvalue weighted by atomic mass is 10.0. The lowest BCUT2D eigenvalue weighted by Gasteiger charge is -2.08. The number of hydrogen-bond donors (Lipinski definition) is 1. The molecule has 0 aliphatic rings. The van der Waals surface area contributed by atoms with E-state index < -0.39 is 0 Å². The van der Waals surface area contributed by atoms with Gasteiger partial charge < -0.3 is 10.1 Å². The highest BCUT2D eigenvalue weighted by Gasteiger charge is 2.06. The van der Waals surface area contributed by atoms with Crippen LogP contribution < -0.4 is 10.1 Å². The molecule has 24 heavy (non-hydrogen) atoms. The Labute approximate surface area is 142 Å². The largest absolute Gasteiger partial charge is 0.427 e. The van der Waals surface area contributed by atoms with E-state index >= 15 is 0 Å². The molecule has 0 unspecified atom stereocenters. The van der Waals surface area contributed by atoms with Gasteiger partial charge in [0.2, 0.25) is 0 Å². The van der Waals surface area contributed by atoms with Gasteiger partial charge in [-0.2, -0.15) is 0 Å². The van der Waals surface area contributed by atoms with E-state index in [4.69, 9.17) is 4.74 Å². The highest BCUT2D eigenvalue weighted by Crippen LogP contribution is 2.16. The molecule has 126 valence electrons. The Morgan fingerprint density at radius 3 is 2.00 bits per heavy atom. The average Bonchev–Trinajstić information content (AvgIpc) is 2.54. The Hall–Kier alpha value is -2.62. The highest BCUT2D eigenvalue weighted by molar-refractivity contribution is 5.94. The summed E-state index contributed by atoms with van der Waals surface area (Å²) in [5, 5.41) is 2.91. The molecule has 1 amide bonds. The van der Waals surface area contributed by atoms with E-state index in [9.17, 15) is 9.59 Å². The summed E-state index contributed by atoms with van der Waals surface area (Å²) in [5.74, 6) is 0.613. The molecule has 0 aromatic heterocycles. The first kappa shape index (κ1) is 17.7. The van der Waals surface area contributed by atoms with Gasteiger partial charge in [-0.15, -0.1) is 0 Å². The molecule has 0 saturated carbocycles. The number of amides is 1. The van der Waals surface area contributed by atoms with Crippen LogP contribution in [0.2, 0.25) is 0 Å². The summed E-state index contributed by atoms with van der Waals surface area (Å²) >= 11 is 0. The van der Waals surface area contributed by atoms with Crippen molar-refractivity contribution in [3.05, 3.63) is 65.2 Å². The van der Waals surface area contributed by atoms with E-state index in [1.165, 1.54) is 6.92 Å². The van der Waals surface area contributed by atoms with E-state index in [0.717, 1.165) is 17.5 Å². The summed E-state index contributed by atoms with van der Waals surface area (Å²) in [6.45, 7) is 6.19. The second kappa shape index (κ2) is 8.29. The Kier molecular flexibility index (Phi) is 6.13. The van der Waals surface area contributed by atoms with Gasteiger partial charge in [-0.05, 0) is 47.7 Å². The molecule has 0 aliphatic heterocycles. The fourth-order valence-corrected chi connectivity index (χ4v) is 2.25. The molecule has 0 saturated heterocycles. The standard InChI is InChI=1S/C20H23NO3/c1-14(2)13-21-20(23)18-8-4-16(5-9-18)12-17-6-10-19(11-7-17)24-15(3)22/h4-11,14H,12-13H2,1-3H3,(H,21,23). The third-order valence-corrected chi connectivity index (χ3v) is 3.48. The number of nitrogens with one attached hydrogen (secondary N) is 1. The molecular weight excluding hydrogens is 302 g/mol. The lowest BCUT2D eigenvalue weighted by molar-refractivity contribution is -0.131. The van der Waals surface area contributed by atoms with Gasteiger partial charge in [-0.1, -0.05) is 38.1 Å². The maximum absolute atomic E-state index is 12.0. The van der Waals surface area contributed by atoms with E-state index in [2.05, 4.69) is 19.2 Å². The fraction of sp³-hybridized carbons (Fsp3) is 0.300. The molecule has 2 rings (SSSR count). The van der Waals surface area contributed by atoms with Crippen LogP contribution in [0.15, 0.2) is 48.5 Å². The number of rotatable bonds is 6. The smallest absolute Gasteiger partial charge is 0.308 e. The molecule has 0 fully saturated rings. The van der Waals surface area contributed by atoms with Crippen LogP contribution in [0.4, 0.5) is 0 Å². The highest BCUT2D eigenvalue weighted by atomic mass is 16.5. The fourth-order valence-electron chi connectivity index (χ4n) is 2.25. The predicted molar refractivity (Wildman–Crippen MR) is 94.2 cm³/mol. The maximum atomic E-state index is 12.0. The zero-order chi connectivity index (χ0) is 17.5. The van der Waals surface area contributed by atoms with Gasteiger partial charge in [-0.3, -0.25) is 9.59 Å². The molecule has 2 aromatic carbocycles. The second-order valence-electron chi connectivity index (χ2n) is 6.22. The van der Waals surface area contributed by atoms with E-state index in [1.807, 2.05) is 36.4 Å². The van der Waals surface area contributed by atoms with E-state index in [-0.39, 0.29) is 11.9 Å². The van der Waals surface area contributed by atoms with Gasteiger partial charge in [0, 0.05) is 19.0 Å². The average molecular weight is 325 g/mol. The summed E-state index contributed by atoms with van der Waals surface area (Å²) in [5.41, 5.74) is 2.91. The third kappa shape index (κ3) is 5.54. The molecule has 0 spiro atoms. The van der Waals surface area contributed by atoms with E-state index in [1.54, 1.807) is 12.1 Å². The zero-order valence-electron chi connectivity index (χ0n) is 14.3. The molecular formula is C20H23NO3. The first-order chi connectivity index (χ1) is 11.4. The quantitative estimate of drug-likeness (QED) is 0.652. The van der Waals surface area contributed by atoms with Crippen LogP contribution in [0.25, 0.3) is 0 Å². The van der Waals surface area contributed by atoms with Crippen molar-refractivity contribution in [1.82, 2.24) is 5.32 Å². The van der Waals surface area contributed by atoms with Crippen molar-refractivity contribution in [2.45, 2.75) is 27.2 Å². The second-order valence-corrected chi connectivity index (χ2v) is 6.22. The van der Waals surface area contributed by atoms with Crippen molar-refractivity contribution in [2.75, 3.05) is 6.54 Å². The molecule has 2 aromatic rings. The van der Waals surface area contributed by atoms with Crippen molar-refractivity contribution >= 4 is 11.9 Å². The van der Waals surface area contributed by atoms with Crippen molar-refractivity contribution in [3.8, 4) is 5.75 Å². The predicted octanol–water partition coefficient (Wildman–Crippen LogP) is 3.59. The molecule has 0 atom stereocenters. The number of hydrogen-bond acceptors (Lipinski definition) is 3. The number of esters is 1. The first-order valence-corrected chi connectivity index (χ1v) is 8.08. The topological polar surface area (TPSA) is 55.4 Å². The molecule has 0 bridgehead atoms. The summed E-state index contributed by atoms with van der Waals surface area (Å²) in [4.78, 5) is 22.9. The lowest BCUT2D eigenvalue weighted by Crippen LogP contribution is -2.27. The number of carbonyl (C=O) groups is 2. The minimum atomic E-state index is -0.325. The van der Waals surface area contributed by atoms with Crippen LogP contribution in [0.1, 0.15) is 42.3 Å². The van der Waals surface area contributed by atoms with Gasteiger partial charge in [0.25, 0.3) is 5.91 Å². The van der Waals surface area contributed by atoms with Crippen LogP contribution in [0.5, 0.6) is 5.75 Å². The van der Waals surface area contributed by atoms with Crippen LogP contribution in [0, 0.1) is 5.92 Å². The minimum Gasteiger partial charge on any atom is -0.427 e. The summed E-state index contributed by atoms with van der Waals surface area (Å²) in [7, 11) is 0. The van der Waals surface area contributed by atoms with Crippen LogP contribution in [-0.2, 0) is 11.2 Å². The van der Waals surface area contributed by atoms with Gasteiger partial charge in [0.1, 0.15) is 5.75 Å². The van der Waals surface area contributed by atoms with Crippen LogP contribution >= 0.6 is 0 Å². The molecule has 0 heterocycles.